The highest BCUT2D eigenvalue weighted by Crippen LogP contribution is 2.27. The number of carbonyl (C=O) groups excluding carboxylic acids is 2. The predicted octanol–water partition coefficient (Wildman–Crippen LogP) is 1.86. The van der Waals surface area contributed by atoms with E-state index in [1.54, 1.807) is 24.3 Å². The molecule has 152 valence electrons. The lowest BCUT2D eigenvalue weighted by Gasteiger charge is -2.09. The fraction of sp³-hybridized carbons (Fsp3) is 0.200. The highest BCUT2D eigenvalue weighted by Gasteiger charge is 2.13. The Bertz CT molecular complexity index is 955. The monoisotopic (exact) mass is 399 g/mol. The van der Waals surface area contributed by atoms with Gasteiger partial charge in [0.15, 0.2) is 18.1 Å². The Balaban J connectivity index is 1.95. The van der Waals surface area contributed by atoms with Crippen LogP contribution in [-0.4, -0.2) is 42.8 Å². The molecule has 0 aliphatic carbocycles. The summed E-state index contributed by atoms with van der Waals surface area (Å²) in [7, 11) is 1.41. The summed E-state index contributed by atoms with van der Waals surface area (Å²) in [6, 6.07) is 9.96. The zero-order chi connectivity index (χ0) is 21.4. The summed E-state index contributed by atoms with van der Waals surface area (Å²) < 4.78 is 10.2. The number of aryl methyl sites for hydroxylation is 2. The van der Waals surface area contributed by atoms with Crippen LogP contribution in [0.4, 0.5) is 5.69 Å². The first-order valence-electron chi connectivity index (χ1n) is 8.54. The Hall–Kier alpha value is -3.88. The van der Waals surface area contributed by atoms with Crippen LogP contribution in [0.2, 0.25) is 0 Å². The number of methoxy groups -OCH3 is 1. The quantitative estimate of drug-likeness (QED) is 0.371. The van der Waals surface area contributed by atoms with Gasteiger partial charge in [-0.15, -0.1) is 0 Å². The topological polar surface area (TPSA) is 126 Å². The maximum atomic E-state index is 11.9. The van der Waals surface area contributed by atoms with Gasteiger partial charge in [-0.05, 0) is 60.9 Å². The van der Waals surface area contributed by atoms with E-state index < -0.39 is 24.4 Å². The number of carboxylic acids is 1. The fourth-order valence-electron chi connectivity index (χ4n) is 2.25. The second kappa shape index (κ2) is 9.88. The molecule has 0 unspecified atom stereocenters. The largest absolute Gasteiger partial charge is 0.493 e. The molecule has 3 N–H and O–H groups in total. The minimum Gasteiger partial charge on any atom is -0.493 e. The molecule has 2 rings (SSSR count). The normalized spacial score (nSPS) is 10.4. The molecule has 0 aromatic heterocycles. The third-order valence-corrected chi connectivity index (χ3v) is 3.89. The summed E-state index contributed by atoms with van der Waals surface area (Å²) in [5, 5.41) is 14.9. The first-order chi connectivity index (χ1) is 13.8. The molecule has 0 saturated carbocycles. The van der Waals surface area contributed by atoms with Gasteiger partial charge in [0, 0.05) is 5.69 Å². The summed E-state index contributed by atoms with van der Waals surface area (Å²) in [5.74, 6) is -2.33. The lowest BCUT2D eigenvalue weighted by Crippen LogP contribution is -2.32. The third-order valence-electron chi connectivity index (χ3n) is 3.89. The van der Waals surface area contributed by atoms with Crippen LogP contribution in [0.3, 0.4) is 0 Å². The van der Waals surface area contributed by atoms with E-state index in [-0.39, 0.29) is 5.75 Å². The van der Waals surface area contributed by atoms with Crippen molar-refractivity contribution in [2.24, 2.45) is 5.10 Å². The van der Waals surface area contributed by atoms with E-state index in [0.29, 0.717) is 17.0 Å². The SMILES string of the molecule is COc1cc(/C=N\NC(=O)C(=O)Nc2ccc(C)c(C)c2)ccc1OCC(=O)O. The van der Waals surface area contributed by atoms with E-state index in [4.69, 9.17) is 14.6 Å². The van der Waals surface area contributed by atoms with Gasteiger partial charge in [0.1, 0.15) is 0 Å². The van der Waals surface area contributed by atoms with Crippen molar-refractivity contribution >= 4 is 29.7 Å². The molecule has 0 radical (unpaired) electrons. The molecular formula is C20H21N3O6. The molecule has 0 aliphatic heterocycles. The zero-order valence-electron chi connectivity index (χ0n) is 16.2. The second-order valence-corrected chi connectivity index (χ2v) is 6.04. The molecular weight excluding hydrogens is 378 g/mol. The van der Waals surface area contributed by atoms with Crippen molar-refractivity contribution in [2.75, 3.05) is 19.0 Å². The van der Waals surface area contributed by atoms with Crippen LogP contribution in [0.15, 0.2) is 41.5 Å². The molecule has 2 aromatic carbocycles. The molecule has 9 nitrogen and oxygen atoms in total. The van der Waals surface area contributed by atoms with Crippen molar-refractivity contribution in [1.82, 2.24) is 5.43 Å². The van der Waals surface area contributed by atoms with Crippen LogP contribution in [0.5, 0.6) is 11.5 Å². The Labute approximate surface area is 167 Å². The van der Waals surface area contributed by atoms with Crippen LogP contribution < -0.4 is 20.2 Å². The number of ether oxygens (including phenoxy) is 2. The lowest BCUT2D eigenvalue weighted by atomic mass is 10.1. The van der Waals surface area contributed by atoms with E-state index in [1.807, 2.05) is 19.9 Å². The Morgan fingerprint density at radius 2 is 1.79 bits per heavy atom. The van der Waals surface area contributed by atoms with E-state index in [2.05, 4.69) is 15.8 Å². The van der Waals surface area contributed by atoms with Gasteiger partial charge >= 0.3 is 17.8 Å². The third kappa shape index (κ3) is 6.35. The van der Waals surface area contributed by atoms with Gasteiger partial charge in [-0.2, -0.15) is 5.10 Å². The molecule has 0 heterocycles. The lowest BCUT2D eigenvalue weighted by molar-refractivity contribution is -0.139. The fourth-order valence-corrected chi connectivity index (χ4v) is 2.25. The van der Waals surface area contributed by atoms with Crippen molar-refractivity contribution in [3.8, 4) is 11.5 Å². The number of nitrogens with zero attached hydrogens (tertiary/aromatic N) is 1. The molecule has 0 atom stereocenters. The van der Waals surface area contributed by atoms with Gasteiger partial charge in [-0.1, -0.05) is 6.07 Å². The number of carboxylic acid groups (broad SMARTS) is 1. The van der Waals surface area contributed by atoms with E-state index in [0.717, 1.165) is 11.1 Å². The smallest absolute Gasteiger partial charge is 0.341 e. The maximum absolute atomic E-state index is 11.9. The molecule has 0 fully saturated rings. The van der Waals surface area contributed by atoms with E-state index >= 15 is 0 Å². The van der Waals surface area contributed by atoms with Gasteiger partial charge in [-0.3, -0.25) is 9.59 Å². The molecule has 2 amide bonds. The van der Waals surface area contributed by atoms with Gasteiger partial charge in [0.25, 0.3) is 0 Å². The summed E-state index contributed by atoms with van der Waals surface area (Å²) in [6.45, 7) is 3.35. The highest BCUT2D eigenvalue weighted by atomic mass is 16.5. The number of benzene rings is 2. The second-order valence-electron chi connectivity index (χ2n) is 6.04. The Kier molecular flexibility index (Phi) is 7.30. The van der Waals surface area contributed by atoms with Crippen LogP contribution in [0, 0.1) is 13.8 Å². The molecule has 9 heteroatoms. The number of anilines is 1. The number of amides is 2. The predicted molar refractivity (Wildman–Crippen MR) is 106 cm³/mol. The van der Waals surface area contributed by atoms with Crippen LogP contribution in [0.25, 0.3) is 0 Å². The molecule has 0 aliphatic rings. The highest BCUT2D eigenvalue weighted by molar-refractivity contribution is 6.39. The van der Waals surface area contributed by atoms with E-state index in [9.17, 15) is 14.4 Å². The van der Waals surface area contributed by atoms with Gasteiger partial charge in [-0.25, -0.2) is 10.2 Å². The molecule has 0 bridgehead atoms. The van der Waals surface area contributed by atoms with Crippen molar-refractivity contribution in [2.45, 2.75) is 13.8 Å². The number of hydrazone groups is 1. The number of carbonyl (C=O) groups is 3. The summed E-state index contributed by atoms with van der Waals surface area (Å²) in [4.78, 5) is 34.4. The Morgan fingerprint density at radius 3 is 2.45 bits per heavy atom. The summed E-state index contributed by atoms with van der Waals surface area (Å²) >= 11 is 0. The van der Waals surface area contributed by atoms with Crippen molar-refractivity contribution in [3.63, 3.8) is 0 Å². The van der Waals surface area contributed by atoms with Crippen molar-refractivity contribution in [1.29, 1.82) is 0 Å². The minimum absolute atomic E-state index is 0.254. The summed E-state index contributed by atoms with van der Waals surface area (Å²) in [6.07, 6.45) is 1.31. The number of hydrogen-bond donors (Lipinski definition) is 3. The maximum Gasteiger partial charge on any atom is 0.341 e. The van der Waals surface area contributed by atoms with Crippen LogP contribution in [-0.2, 0) is 14.4 Å². The number of aliphatic carboxylic acids is 1. The molecule has 0 spiro atoms. The first-order valence-corrected chi connectivity index (χ1v) is 8.54. The average Bonchev–Trinajstić information content (AvgIpc) is 2.69. The molecule has 2 aromatic rings. The minimum atomic E-state index is -1.11. The zero-order valence-corrected chi connectivity index (χ0v) is 16.2. The first kappa shape index (κ1) is 21.4. The van der Waals surface area contributed by atoms with Gasteiger partial charge in [0.2, 0.25) is 0 Å². The van der Waals surface area contributed by atoms with Crippen LogP contribution >= 0.6 is 0 Å². The summed E-state index contributed by atoms with van der Waals surface area (Å²) in [5.41, 5.74) is 5.26. The van der Waals surface area contributed by atoms with E-state index in [1.165, 1.54) is 19.4 Å². The number of rotatable bonds is 7. The van der Waals surface area contributed by atoms with Gasteiger partial charge < -0.3 is 19.9 Å². The average molecular weight is 399 g/mol. The Morgan fingerprint density at radius 1 is 1.03 bits per heavy atom. The molecule has 29 heavy (non-hydrogen) atoms. The van der Waals surface area contributed by atoms with Crippen molar-refractivity contribution < 1.29 is 29.0 Å². The number of nitrogens with one attached hydrogen (secondary N) is 2. The standard InChI is InChI=1S/C20H21N3O6/c1-12-4-6-15(8-13(12)2)22-19(26)20(27)23-21-10-14-5-7-16(17(9-14)28-3)29-11-18(24)25/h4-10H,11H2,1-3H3,(H,22,26)(H,23,27)(H,24,25)/b21-10-. The molecule has 0 saturated heterocycles. The van der Waals surface area contributed by atoms with Crippen molar-refractivity contribution in [3.05, 3.63) is 53.1 Å². The van der Waals surface area contributed by atoms with Gasteiger partial charge in [0.05, 0.1) is 13.3 Å². The van der Waals surface area contributed by atoms with Crippen LogP contribution in [0.1, 0.15) is 16.7 Å². The number of hydrogen-bond acceptors (Lipinski definition) is 6.